The second-order valence-electron chi connectivity index (χ2n) is 5.69. The highest BCUT2D eigenvalue weighted by molar-refractivity contribution is 7.89. The first-order valence-electron chi connectivity index (χ1n) is 7.32. The molecule has 0 spiro atoms. The van der Waals surface area contributed by atoms with Gasteiger partial charge in [-0.2, -0.15) is 0 Å². The van der Waals surface area contributed by atoms with Gasteiger partial charge in [0.25, 0.3) is 0 Å². The molecule has 6 heteroatoms. The van der Waals surface area contributed by atoms with Crippen LogP contribution in [0.25, 0.3) is 0 Å². The van der Waals surface area contributed by atoms with E-state index in [2.05, 4.69) is 17.0 Å². The Bertz CT molecular complexity index is 551. The van der Waals surface area contributed by atoms with Gasteiger partial charge in [0, 0.05) is 31.5 Å². The fraction of sp³-hybridized carbons (Fsp3) is 0.714. The summed E-state index contributed by atoms with van der Waals surface area (Å²) in [4.78, 5) is 0.368. The number of sulfonamides is 1. The minimum Gasteiger partial charge on any atom is -0.352 e. The van der Waals surface area contributed by atoms with Gasteiger partial charge in [-0.1, -0.05) is 20.3 Å². The fourth-order valence-corrected chi connectivity index (χ4v) is 4.21. The zero-order valence-electron chi connectivity index (χ0n) is 12.5. The standard InChI is InChI=1S/C14H25N3O2S/c1-4-15-9-12-8-13(10-17(12)3)20(18,19)16-14-7-5-6-11(14)2/h8,10-11,14-16H,4-7,9H2,1-3H3. The van der Waals surface area contributed by atoms with Gasteiger partial charge in [-0.25, -0.2) is 13.1 Å². The quantitative estimate of drug-likeness (QED) is 0.838. The first kappa shape index (κ1) is 15.5. The lowest BCUT2D eigenvalue weighted by Gasteiger charge is -2.16. The van der Waals surface area contributed by atoms with Gasteiger partial charge >= 0.3 is 0 Å². The van der Waals surface area contributed by atoms with Gasteiger partial charge in [0.2, 0.25) is 10.0 Å². The van der Waals surface area contributed by atoms with Crippen LogP contribution in [0.3, 0.4) is 0 Å². The molecule has 0 saturated heterocycles. The molecule has 1 saturated carbocycles. The monoisotopic (exact) mass is 299 g/mol. The Hall–Kier alpha value is -0.850. The third-order valence-corrected chi connectivity index (χ3v) is 5.57. The van der Waals surface area contributed by atoms with E-state index in [4.69, 9.17) is 0 Å². The van der Waals surface area contributed by atoms with Crippen molar-refractivity contribution in [3.63, 3.8) is 0 Å². The van der Waals surface area contributed by atoms with E-state index in [1.165, 1.54) is 0 Å². The minimum atomic E-state index is -3.40. The van der Waals surface area contributed by atoms with Crippen molar-refractivity contribution in [1.29, 1.82) is 0 Å². The molecule has 0 radical (unpaired) electrons. The van der Waals surface area contributed by atoms with E-state index in [1.54, 1.807) is 12.3 Å². The van der Waals surface area contributed by atoms with Crippen LogP contribution in [-0.4, -0.2) is 25.6 Å². The van der Waals surface area contributed by atoms with Crippen LogP contribution in [0.15, 0.2) is 17.2 Å². The van der Waals surface area contributed by atoms with Crippen LogP contribution in [-0.2, 0) is 23.6 Å². The molecule has 2 rings (SSSR count). The smallest absolute Gasteiger partial charge is 0.242 e. The molecule has 1 aromatic heterocycles. The number of nitrogens with one attached hydrogen (secondary N) is 2. The predicted molar refractivity (Wildman–Crippen MR) is 79.9 cm³/mol. The Kier molecular flexibility index (Phi) is 4.88. The Morgan fingerprint density at radius 2 is 2.15 bits per heavy atom. The largest absolute Gasteiger partial charge is 0.352 e. The van der Waals surface area contributed by atoms with E-state index in [-0.39, 0.29) is 6.04 Å². The average Bonchev–Trinajstić information content (AvgIpc) is 2.94. The molecule has 0 aromatic carbocycles. The highest BCUT2D eigenvalue weighted by atomic mass is 32.2. The maximum atomic E-state index is 12.4. The lowest BCUT2D eigenvalue weighted by Crippen LogP contribution is -2.36. The summed E-state index contributed by atoms with van der Waals surface area (Å²) in [6, 6.07) is 1.84. The number of aryl methyl sites for hydroxylation is 1. The molecular formula is C14H25N3O2S. The summed E-state index contributed by atoms with van der Waals surface area (Å²) in [6.45, 7) is 5.69. The van der Waals surface area contributed by atoms with E-state index in [1.807, 2.05) is 18.5 Å². The van der Waals surface area contributed by atoms with Crippen LogP contribution in [0.2, 0.25) is 0 Å². The van der Waals surface area contributed by atoms with Gasteiger partial charge in [0.15, 0.2) is 0 Å². The van der Waals surface area contributed by atoms with Gasteiger partial charge < -0.3 is 9.88 Å². The summed E-state index contributed by atoms with van der Waals surface area (Å²) in [5.41, 5.74) is 0.978. The zero-order valence-corrected chi connectivity index (χ0v) is 13.3. The summed E-state index contributed by atoms with van der Waals surface area (Å²) in [5.74, 6) is 0.426. The summed E-state index contributed by atoms with van der Waals surface area (Å²) < 4.78 is 29.6. The van der Waals surface area contributed by atoms with Crippen molar-refractivity contribution in [3.05, 3.63) is 18.0 Å². The molecule has 1 aromatic rings. The van der Waals surface area contributed by atoms with E-state index < -0.39 is 10.0 Å². The van der Waals surface area contributed by atoms with Gasteiger partial charge in [0.1, 0.15) is 0 Å². The van der Waals surface area contributed by atoms with Gasteiger partial charge in [0.05, 0.1) is 4.90 Å². The van der Waals surface area contributed by atoms with Crippen molar-refractivity contribution in [3.8, 4) is 0 Å². The second-order valence-corrected chi connectivity index (χ2v) is 7.41. The zero-order chi connectivity index (χ0) is 14.8. The van der Waals surface area contributed by atoms with Gasteiger partial charge in [-0.05, 0) is 31.4 Å². The van der Waals surface area contributed by atoms with Crippen LogP contribution >= 0.6 is 0 Å². The van der Waals surface area contributed by atoms with Gasteiger partial charge in [-0.3, -0.25) is 0 Å². The number of nitrogens with zero attached hydrogens (tertiary/aromatic N) is 1. The Morgan fingerprint density at radius 1 is 1.40 bits per heavy atom. The average molecular weight is 299 g/mol. The van der Waals surface area contributed by atoms with Crippen LogP contribution in [0.1, 0.15) is 38.8 Å². The molecule has 0 bridgehead atoms. The van der Waals surface area contributed by atoms with E-state index in [0.29, 0.717) is 17.4 Å². The van der Waals surface area contributed by atoms with Crippen LogP contribution in [0.4, 0.5) is 0 Å². The predicted octanol–water partition coefficient (Wildman–Crippen LogP) is 1.60. The normalized spacial score (nSPS) is 23.4. The second kappa shape index (κ2) is 6.28. The molecule has 1 fully saturated rings. The van der Waals surface area contributed by atoms with Crippen molar-refractivity contribution in [1.82, 2.24) is 14.6 Å². The van der Waals surface area contributed by atoms with Crippen molar-refractivity contribution in [2.24, 2.45) is 13.0 Å². The lowest BCUT2D eigenvalue weighted by atomic mass is 10.1. The molecule has 0 amide bonds. The first-order valence-corrected chi connectivity index (χ1v) is 8.80. The molecule has 114 valence electrons. The summed E-state index contributed by atoms with van der Waals surface area (Å²) in [5, 5.41) is 3.21. The SMILES string of the molecule is CCNCc1cc(S(=O)(=O)NC2CCCC2C)cn1C. The molecular weight excluding hydrogens is 274 g/mol. The van der Waals surface area contributed by atoms with Gasteiger partial charge in [-0.15, -0.1) is 0 Å². The molecule has 5 nitrogen and oxygen atoms in total. The third-order valence-electron chi connectivity index (χ3n) is 4.12. The molecule has 2 unspecified atom stereocenters. The molecule has 1 aliphatic rings. The highest BCUT2D eigenvalue weighted by Crippen LogP contribution is 2.26. The lowest BCUT2D eigenvalue weighted by molar-refractivity contribution is 0.476. The van der Waals surface area contributed by atoms with E-state index in [9.17, 15) is 8.42 Å². The number of hydrogen-bond donors (Lipinski definition) is 2. The molecule has 20 heavy (non-hydrogen) atoms. The molecule has 2 N–H and O–H groups in total. The Morgan fingerprint density at radius 3 is 2.75 bits per heavy atom. The van der Waals surface area contributed by atoms with Crippen molar-refractivity contribution >= 4 is 10.0 Å². The highest BCUT2D eigenvalue weighted by Gasteiger charge is 2.29. The van der Waals surface area contributed by atoms with E-state index in [0.717, 1.165) is 31.5 Å². The fourth-order valence-electron chi connectivity index (χ4n) is 2.74. The van der Waals surface area contributed by atoms with E-state index >= 15 is 0 Å². The molecule has 1 aliphatic carbocycles. The summed E-state index contributed by atoms with van der Waals surface area (Å²) in [7, 11) is -1.52. The van der Waals surface area contributed by atoms with Crippen molar-refractivity contribution in [2.45, 2.75) is 50.6 Å². The minimum absolute atomic E-state index is 0.0809. The molecule has 0 aliphatic heterocycles. The van der Waals surface area contributed by atoms with Crippen LogP contribution < -0.4 is 10.0 Å². The van der Waals surface area contributed by atoms with Crippen LogP contribution in [0.5, 0.6) is 0 Å². The topological polar surface area (TPSA) is 63.1 Å². The van der Waals surface area contributed by atoms with Crippen LogP contribution in [0, 0.1) is 5.92 Å². The molecule has 2 atom stereocenters. The summed E-state index contributed by atoms with van der Waals surface area (Å²) >= 11 is 0. The molecule has 1 heterocycles. The maximum Gasteiger partial charge on any atom is 0.242 e. The number of hydrogen-bond acceptors (Lipinski definition) is 3. The number of aromatic nitrogens is 1. The third kappa shape index (κ3) is 3.42. The summed E-state index contributed by atoms with van der Waals surface area (Å²) in [6.07, 6.45) is 4.84. The Labute approximate surface area is 121 Å². The van der Waals surface area contributed by atoms with Crippen molar-refractivity contribution < 1.29 is 8.42 Å². The van der Waals surface area contributed by atoms with Crippen molar-refractivity contribution in [2.75, 3.05) is 6.54 Å². The maximum absolute atomic E-state index is 12.4. The Balaban J connectivity index is 2.13. The first-order chi connectivity index (χ1) is 9.44. The number of rotatable bonds is 6.